The lowest BCUT2D eigenvalue weighted by molar-refractivity contribution is 0.601. The normalized spacial score (nSPS) is 11.6. The van der Waals surface area contributed by atoms with Crippen LogP contribution in [0.5, 0.6) is 0 Å². The average molecular weight is 327 g/mol. The summed E-state index contributed by atoms with van der Waals surface area (Å²) in [5, 5.41) is 8.92. The van der Waals surface area contributed by atoms with Crippen molar-refractivity contribution in [2.45, 2.75) is 25.2 Å². The van der Waals surface area contributed by atoms with E-state index in [1.54, 1.807) is 12.1 Å². The molecule has 114 valence electrons. The van der Waals surface area contributed by atoms with Crippen molar-refractivity contribution >= 4 is 32.2 Å². The molecule has 0 aliphatic heterocycles. The molecular formula is C12H17N5O2S2. The Balaban J connectivity index is 2.14. The lowest BCUT2D eigenvalue weighted by Crippen LogP contribution is -2.13. The summed E-state index contributed by atoms with van der Waals surface area (Å²) in [6.45, 7) is 4.14. The van der Waals surface area contributed by atoms with Crippen molar-refractivity contribution in [1.29, 1.82) is 0 Å². The number of nitrogens with zero attached hydrogens (tertiary/aromatic N) is 2. The molecule has 1 aromatic carbocycles. The summed E-state index contributed by atoms with van der Waals surface area (Å²) in [5.41, 5.74) is 3.07. The number of hydrazine groups is 1. The molecule has 0 amide bonds. The SMILES string of the molecule is CC(C)Cc1nnc(NS(=O)(=O)c2ccc(NN)cc2)s1. The second kappa shape index (κ2) is 6.37. The molecule has 1 heterocycles. The van der Waals surface area contributed by atoms with E-state index in [4.69, 9.17) is 5.84 Å². The Morgan fingerprint density at radius 3 is 2.48 bits per heavy atom. The summed E-state index contributed by atoms with van der Waals surface area (Å²) in [4.78, 5) is 0.141. The quantitative estimate of drug-likeness (QED) is 0.551. The van der Waals surface area contributed by atoms with E-state index in [9.17, 15) is 8.42 Å². The third-order valence-electron chi connectivity index (χ3n) is 2.60. The largest absolute Gasteiger partial charge is 0.324 e. The standard InChI is InChI=1S/C12H17N5O2S2/c1-8(2)7-11-15-16-12(20-11)17-21(18,19)10-5-3-9(14-13)4-6-10/h3-6,8,14H,7,13H2,1-2H3,(H,16,17). The third kappa shape index (κ3) is 4.13. The van der Waals surface area contributed by atoms with Crippen molar-refractivity contribution in [3.8, 4) is 0 Å². The van der Waals surface area contributed by atoms with Gasteiger partial charge in [0.05, 0.1) is 4.90 Å². The van der Waals surface area contributed by atoms with Gasteiger partial charge in [-0.2, -0.15) is 0 Å². The van der Waals surface area contributed by atoms with Gasteiger partial charge in [0.15, 0.2) is 0 Å². The first-order valence-electron chi connectivity index (χ1n) is 6.32. The topological polar surface area (TPSA) is 110 Å². The molecule has 4 N–H and O–H groups in total. The van der Waals surface area contributed by atoms with E-state index in [0.717, 1.165) is 11.4 Å². The van der Waals surface area contributed by atoms with Crippen LogP contribution >= 0.6 is 11.3 Å². The lowest BCUT2D eigenvalue weighted by Gasteiger charge is -2.05. The fourth-order valence-electron chi connectivity index (χ4n) is 1.63. The number of sulfonamides is 1. The van der Waals surface area contributed by atoms with Gasteiger partial charge >= 0.3 is 0 Å². The monoisotopic (exact) mass is 327 g/mol. The second-order valence-electron chi connectivity index (χ2n) is 4.87. The van der Waals surface area contributed by atoms with Crippen LogP contribution in [0, 0.1) is 5.92 Å². The molecule has 0 aliphatic rings. The Bertz CT molecular complexity index is 695. The van der Waals surface area contributed by atoms with Gasteiger partial charge < -0.3 is 5.43 Å². The molecule has 0 saturated carbocycles. The van der Waals surface area contributed by atoms with Gasteiger partial charge in [-0.1, -0.05) is 25.2 Å². The molecule has 0 aliphatic carbocycles. The highest BCUT2D eigenvalue weighted by Crippen LogP contribution is 2.22. The molecule has 2 aromatic rings. The van der Waals surface area contributed by atoms with Crippen molar-refractivity contribution in [2.24, 2.45) is 11.8 Å². The Labute approximate surface area is 127 Å². The predicted molar refractivity (Wildman–Crippen MR) is 83.5 cm³/mol. The average Bonchev–Trinajstić information content (AvgIpc) is 2.84. The molecule has 9 heteroatoms. The van der Waals surface area contributed by atoms with Gasteiger partial charge in [-0.3, -0.25) is 10.6 Å². The van der Waals surface area contributed by atoms with Crippen LogP contribution in [0.15, 0.2) is 29.2 Å². The van der Waals surface area contributed by atoms with Crippen LogP contribution in [0.3, 0.4) is 0 Å². The van der Waals surface area contributed by atoms with E-state index in [2.05, 4.69) is 34.2 Å². The molecule has 21 heavy (non-hydrogen) atoms. The zero-order chi connectivity index (χ0) is 15.5. The van der Waals surface area contributed by atoms with Crippen molar-refractivity contribution in [3.05, 3.63) is 29.3 Å². The number of aromatic nitrogens is 2. The zero-order valence-corrected chi connectivity index (χ0v) is 13.3. The predicted octanol–water partition coefficient (Wildman–Crippen LogP) is 1.82. The van der Waals surface area contributed by atoms with Gasteiger partial charge in [0.2, 0.25) is 5.13 Å². The highest BCUT2D eigenvalue weighted by Gasteiger charge is 2.17. The van der Waals surface area contributed by atoms with Crippen LogP contribution in [0.4, 0.5) is 10.8 Å². The van der Waals surface area contributed by atoms with Gasteiger partial charge in [-0.25, -0.2) is 8.42 Å². The minimum Gasteiger partial charge on any atom is -0.324 e. The Kier molecular flexibility index (Phi) is 4.76. The lowest BCUT2D eigenvalue weighted by atomic mass is 10.1. The fraction of sp³-hybridized carbons (Fsp3) is 0.333. The Morgan fingerprint density at radius 2 is 1.90 bits per heavy atom. The van der Waals surface area contributed by atoms with Crippen LogP contribution in [0.25, 0.3) is 0 Å². The van der Waals surface area contributed by atoms with Crippen LogP contribution < -0.4 is 16.0 Å². The molecule has 7 nitrogen and oxygen atoms in total. The van der Waals surface area contributed by atoms with E-state index in [-0.39, 0.29) is 10.0 Å². The number of nitrogens with two attached hydrogens (primary N) is 1. The summed E-state index contributed by atoms with van der Waals surface area (Å²) in [7, 11) is -3.66. The number of hydrogen-bond donors (Lipinski definition) is 3. The van der Waals surface area contributed by atoms with Gasteiger partial charge in [0.1, 0.15) is 5.01 Å². The Morgan fingerprint density at radius 1 is 1.24 bits per heavy atom. The van der Waals surface area contributed by atoms with Gasteiger partial charge in [-0.15, -0.1) is 10.2 Å². The molecule has 0 spiro atoms. The molecule has 1 aromatic heterocycles. The number of nitrogens with one attached hydrogen (secondary N) is 2. The minimum atomic E-state index is -3.66. The van der Waals surface area contributed by atoms with Crippen LogP contribution in [-0.2, 0) is 16.4 Å². The zero-order valence-electron chi connectivity index (χ0n) is 11.7. The van der Waals surface area contributed by atoms with Crippen LogP contribution in [0.2, 0.25) is 0 Å². The molecule has 0 saturated heterocycles. The maximum absolute atomic E-state index is 12.2. The summed E-state index contributed by atoms with van der Waals surface area (Å²) in [5.74, 6) is 5.69. The van der Waals surface area contributed by atoms with E-state index < -0.39 is 10.0 Å². The van der Waals surface area contributed by atoms with Gasteiger partial charge in [0, 0.05) is 12.1 Å². The third-order valence-corrected chi connectivity index (χ3v) is 4.95. The summed E-state index contributed by atoms with van der Waals surface area (Å²) in [6.07, 6.45) is 0.774. The number of hydrogen-bond acceptors (Lipinski definition) is 7. The smallest absolute Gasteiger partial charge is 0.263 e. The first-order chi connectivity index (χ1) is 9.90. The Hall–Kier alpha value is -1.71. The van der Waals surface area contributed by atoms with E-state index >= 15 is 0 Å². The van der Waals surface area contributed by atoms with Crippen molar-refractivity contribution in [1.82, 2.24) is 10.2 Å². The van der Waals surface area contributed by atoms with E-state index in [0.29, 0.717) is 11.6 Å². The fourth-order valence-corrected chi connectivity index (χ4v) is 3.81. The van der Waals surface area contributed by atoms with Crippen LogP contribution in [0.1, 0.15) is 18.9 Å². The number of benzene rings is 1. The van der Waals surface area contributed by atoms with Gasteiger partial charge in [0.25, 0.3) is 10.0 Å². The molecule has 0 unspecified atom stereocenters. The molecule has 0 fully saturated rings. The molecule has 0 radical (unpaired) electrons. The first-order valence-corrected chi connectivity index (χ1v) is 8.62. The second-order valence-corrected chi connectivity index (χ2v) is 7.62. The maximum atomic E-state index is 12.2. The number of anilines is 2. The van der Waals surface area contributed by atoms with Crippen LogP contribution in [-0.4, -0.2) is 18.6 Å². The van der Waals surface area contributed by atoms with Crippen molar-refractivity contribution in [3.63, 3.8) is 0 Å². The van der Waals surface area contributed by atoms with E-state index in [1.165, 1.54) is 23.5 Å². The summed E-state index contributed by atoms with van der Waals surface area (Å²) < 4.78 is 26.8. The summed E-state index contributed by atoms with van der Waals surface area (Å²) >= 11 is 1.25. The number of nitrogen functional groups attached to an aromatic ring is 1. The number of rotatable bonds is 6. The highest BCUT2D eigenvalue weighted by molar-refractivity contribution is 7.93. The van der Waals surface area contributed by atoms with E-state index in [1.807, 2.05) is 0 Å². The van der Waals surface area contributed by atoms with Crippen molar-refractivity contribution < 1.29 is 8.42 Å². The summed E-state index contributed by atoms with van der Waals surface area (Å²) in [6, 6.07) is 6.10. The molecule has 2 rings (SSSR count). The molecular weight excluding hydrogens is 310 g/mol. The highest BCUT2D eigenvalue weighted by atomic mass is 32.2. The van der Waals surface area contributed by atoms with Crippen molar-refractivity contribution in [2.75, 3.05) is 10.1 Å². The van der Waals surface area contributed by atoms with Gasteiger partial charge in [-0.05, 0) is 30.2 Å². The minimum absolute atomic E-state index is 0.141. The molecule has 0 bridgehead atoms. The first kappa shape index (κ1) is 15.7. The maximum Gasteiger partial charge on any atom is 0.263 e. The molecule has 0 atom stereocenters.